The van der Waals surface area contributed by atoms with E-state index in [4.69, 9.17) is 16.9 Å². The molecular formula is C15H9ClN4O2. The van der Waals surface area contributed by atoms with E-state index in [1.54, 1.807) is 34.9 Å². The molecule has 22 heavy (non-hydrogen) atoms. The predicted octanol–water partition coefficient (Wildman–Crippen LogP) is 3.63. The number of nitrogens with zero attached hydrogens (tertiary/aromatic N) is 4. The molecule has 6 nitrogen and oxygen atoms in total. The minimum absolute atomic E-state index is 0.0181. The lowest BCUT2D eigenvalue weighted by Crippen LogP contribution is -1.94. The quantitative estimate of drug-likeness (QED) is 0.546. The minimum atomic E-state index is -0.458. The van der Waals surface area contributed by atoms with E-state index in [-0.39, 0.29) is 12.1 Å². The third kappa shape index (κ3) is 2.38. The number of imidazole rings is 1. The lowest BCUT2D eigenvalue weighted by molar-refractivity contribution is -0.384. The summed E-state index contributed by atoms with van der Waals surface area (Å²) in [5.41, 5.74) is 2.42. The van der Waals surface area contributed by atoms with Gasteiger partial charge >= 0.3 is 0 Å². The van der Waals surface area contributed by atoms with Gasteiger partial charge in [0.1, 0.15) is 5.65 Å². The van der Waals surface area contributed by atoms with Crippen molar-refractivity contribution in [2.45, 2.75) is 6.42 Å². The molecule has 0 aliphatic rings. The third-order valence-corrected chi connectivity index (χ3v) is 3.48. The van der Waals surface area contributed by atoms with Crippen LogP contribution in [-0.4, -0.2) is 14.3 Å². The summed E-state index contributed by atoms with van der Waals surface area (Å²) in [7, 11) is 0. The van der Waals surface area contributed by atoms with Crippen molar-refractivity contribution in [2.75, 3.05) is 0 Å². The van der Waals surface area contributed by atoms with Gasteiger partial charge in [-0.2, -0.15) is 5.26 Å². The molecular weight excluding hydrogens is 304 g/mol. The monoisotopic (exact) mass is 312 g/mol. The molecule has 0 aliphatic heterocycles. The van der Waals surface area contributed by atoms with Gasteiger partial charge in [0.05, 0.1) is 33.8 Å². The van der Waals surface area contributed by atoms with Crippen molar-refractivity contribution < 1.29 is 4.92 Å². The minimum Gasteiger partial charge on any atom is -0.301 e. The smallest absolute Gasteiger partial charge is 0.270 e. The van der Waals surface area contributed by atoms with Gasteiger partial charge in [-0.3, -0.25) is 10.1 Å². The fourth-order valence-corrected chi connectivity index (χ4v) is 2.47. The van der Waals surface area contributed by atoms with Gasteiger partial charge in [0, 0.05) is 23.9 Å². The Morgan fingerprint density at radius 1 is 1.36 bits per heavy atom. The van der Waals surface area contributed by atoms with E-state index in [1.807, 2.05) is 0 Å². The largest absolute Gasteiger partial charge is 0.301 e. The van der Waals surface area contributed by atoms with E-state index in [1.165, 1.54) is 12.1 Å². The van der Waals surface area contributed by atoms with Gasteiger partial charge in [-0.1, -0.05) is 23.7 Å². The number of rotatable bonds is 3. The Morgan fingerprint density at radius 3 is 2.91 bits per heavy atom. The van der Waals surface area contributed by atoms with Crippen molar-refractivity contribution in [2.24, 2.45) is 0 Å². The van der Waals surface area contributed by atoms with E-state index < -0.39 is 4.92 Å². The molecule has 0 bridgehead atoms. The first-order valence-corrected chi connectivity index (χ1v) is 6.76. The number of fused-ring (bicyclic) bond motifs is 1. The Morgan fingerprint density at radius 2 is 2.18 bits per heavy atom. The number of nitro groups is 1. The van der Waals surface area contributed by atoms with Crippen LogP contribution >= 0.6 is 11.6 Å². The summed E-state index contributed by atoms with van der Waals surface area (Å²) in [4.78, 5) is 14.9. The molecule has 0 atom stereocenters. The average molecular weight is 313 g/mol. The van der Waals surface area contributed by atoms with Crippen LogP contribution in [0, 0.1) is 21.4 Å². The second-order valence-corrected chi connectivity index (χ2v) is 5.06. The van der Waals surface area contributed by atoms with Crippen LogP contribution in [0.5, 0.6) is 0 Å². The van der Waals surface area contributed by atoms with Gasteiger partial charge in [-0.05, 0) is 12.1 Å². The molecule has 0 radical (unpaired) electrons. The zero-order valence-electron chi connectivity index (χ0n) is 11.2. The molecule has 0 spiro atoms. The van der Waals surface area contributed by atoms with E-state index >= 15 is 0 Å². The lowest BCUT2D eigenvalue weighted by Gasteiger charge is -2.02. The van der Waals surface area contributed by atoms with Crippen LogP contribution in [0.4, 0.5) is 5.69 Å². The van der Waals surface area contributed by atoms with Crippen LogP contribution in [0.3, 0.4) is 0 Å². The van der Waals surface area contributed by atoms with E-state index in [2.05, 4.69) is 11.1 Å². The Bertz CT molecular complexity index is 927. The highest BCUT2D eigenvalue weighted by Gasteiger charge is 2.16. The van der Waals surface area contributed by atoms with Gasteiger partial charge in [-0.15, -0.1) is 0 Å². The molecule has 7 heteroatoms. The lowest BCUT2D eigenvalue weighted by atomic mass is 10.1. The maximum atomic E-state index is 10.9. The van der Waals surface area contributed by atoms with Crippen LogP contribution in [-0.2, 0) is 6.42 Å². The molecule has 3 aromatic rings. The van der Waals surface area contributed by atoms with Crippen molar-refractivity contribution in [3.05, 3.63) is 63.4 Å². The van der Waals surface area contributed by atoms with Crippen molar-refractivity contribution in [1.29, 1.82) is 5.26 Å². The fraction of sp³-hybridized carbons (Fsp3) is 0.0667. The van der Waals surface area contributed by atoms with E-state index in [9.17, 15) is 10.1 Å². The number of pyridine rings is 1. The second kappa shape index (κ2) is 5.47. The Balaban J connectivity index is 2.26. The fourth-order valence-electron chi connectivity index (χ4n) is 2.31. The van der Waals surface area contributed by atoms with Gasteiger partial charge < -0.3 is 4.40 Å². The van der Waals surface area contributed by atoms with Crippen molar-refractivity contribution in [3.8, 4) is 17.3 Å². The standard InChI is InChI=1S/C15H9ClN4O2/c16-11-4-5-14-18-15(13(6-7-17)19(14)9-11)10-2-1-3-12(8-10)20(21)22/h1-5,8-9H,6H2. The number of nitro benzene ring substituents is 1. The molecule has 1 aromatic carbocycles. The van der Waals surface area contributed by atoms with Gasteiger partial charge in [-0.25, -0.2) is 4.98 Å². The first-order valence-electron chi connectivity index (χ1n) is 6.38. The van der Waals surface area contributed by atoms with Crippen molar-refractivity contribution in [3.63, 3.8) is 0 Å². The highest BCUT2D eigenvalue weighted by atomic mass is 35.5. The molecule has 2 aromatic heterocycles. The number of benzene rings is 1. The second-order valence-electron chi connectivity index (χ2n) is 4.62. The summed E-state index contributed by atoms with van der Waals surface area (Å²) in [6.07, 6.45) is 1.80. The highest BCUT2D eigenvalue weighted by Crippen LogP contribution is 2.28. The Labute approximate surface area is 130 Å². The highest BCUT2D eigenvalue weighted by molar-refractivity contribution is 6.30. The Hall–Kier alpha value is -2.91. The number of hydrogen-bond donors (Lipinski definition) is 0. The number of halogens is 1. The number of nitriles is 1. The third-order valence-electron chi connectivity index (χ3n) is 3.26. The molecule has 0 N–H and O–H groups in total. The van der Waals surface area contributed by atoms with Crippen molar-refractivity contribution >= 4 is 22.9 Å². The average Bonchev–Trinajstić information content (AvgIpc) is 2.86. The van der Waals surface area contributed by atoms with Gasteiger partial charge in [0.25, 0.3) is 5.69 Å². The molecule has 0 amide bonds. The van der Waals surface area contributed by atoms with Crippen LogP contribution in [0.1, 0.15) is 5.69 Å². The number of aromatic nitrogens is 2. The summed E-state index contributed by atoms with van der Waals surface area (Å²) >= 11 is 5.99. The summed E-state index contributed by atoms with van der Waals surface area (Å²) in [6, 6.07) is 11.7. The molecule has 0 unspecified atom stereocenters. The van der Waals surface area contributed by atoms with Gasteiger partial charge in [0.15, 0.2) is 0 Å². The van der Waals surface area contributed by atoms with E-state index in [0.29, 0.717) is 27.6 Å². The molecule has 108 valence electrons. The number of non-ortho nitro benzene ring substituents is 1. The first kappa shape index (κ1) is 14.0. The maximum absolute atomic E-state index is 10.9. The molecule has 0 fully saturated rings. The molecule has 0 saturated heterocycles. The predicted molar refractivity (Wildman–Crippen MR) is 81.6 cm³/mol. The van der Waals surface area contributed by atoms with Crippen LogP contribution in [0.2, 0.25) is 5.02 Å². The molecule has 0 saturated carbocycles. The molecule has 3 rings (SSSR count). The number of hydrogen-bond acceptors (Lipinski definition) is 4. The zero-order valence-corrected chi connectivity index (χ0v) is 12.0. The summed E-state index contributed by atoms with van der Waals surface area (Å²) in [5, 5.41) is 20.5. The molecule has 0 aliphatic carbocycles. The summed E-state index contributed by atoms with van der Waals surface area (Å²) in [6.45, 7) is 0. The van der Waals surface area contributed by atoms with Crippen LogP contribution in [0.15, 0.2) is 42.6 Å². The van der Waals surface area contributed by atoms with E-state index in [0.717, 1.165) is 0 Å². The normalized spacial score (nSPS) is 10.5. The summed E-state index contributed by atoms with van der Waals surface area (Å²) in [5.74, 6) is 0. The topological polar surface area (TPSA) is 84.2 Å². The zero-order chi connectivity index (χ0) is 15.7. The maximum Gasteiger partial charge on any atom is 0.270 e. The first-order chi connectivity index (χ1) is 10.6. The summed E-state index contributed by atoms with van der Waals surface area (Å²) < 4.78 is 1.74. The van der Waals surface area contributed by atoms with Gasteiger partial charge in [0.2, 0.25) is 0 Å². The Kier molecular flexibility index (Phi) is 3.49. The SMILES string of the molecule is N#CCc1c(-c2cccc([N+](=O)[O-])c2)nc2ccc(Cl)cn12. The molecule has 2 heterocycles. The van der Waals surface area contributed by atoms with Crippen LogP contribution in [0.25, 0.3) is 16.9 Å². The van der Waals surface area contributed by atoms with Crippen molar-refractivity contribution in [1.82, 2.24) is 9.38 Å². The van der Waals surface area contributed by atoms with Crippen LogP contribution < -0.4 is 0 Å².